The third-order valence-electron chi connectivity index (χ3n) is 5.16. The molecule has 2 aliphatic carbocycles. The number of nitrogens with one attached hydrogen (secondary N) is 2. The van der Waals surface area contributed by atoms with Crippen LogP contribution >= 0.6 is 24.0 Å². The van der Waals surface area contributed by atoms with Crippen molar-refractivity contribution in [1.29, 1.82) is 0 Å². The molecular formula is C17H31IN6. The number of halogens is 1. The van der Waals surface area contributed by atoms with Crippen LogP contribution in [0.15, 0.2) is 4.99 Å². The lowest BCUT2D eigenvalue weighted by Crippen LogP contribution is -2.46. The molecule has 3 rings (SSSR count). The highest BCUT2D eigenvalue weighted by atomic mass is 127. The normalized spacial score (nSPS) is 21.2. The van der Waals surface area contributed by atoms with Gasteiger partial charge in [0.05, 0.1) is 0 Å². The highest BCUT2D eigenvalue weighted by Gasteiger charge is 2.28. The molecule has 0 bridgehead atoms. The van der Waals surface area contributed by atoms with E-state index in [1.807, 2.05) is 18.5 Å². The summed E-state index contributed by atoms with van der Waals surface area (Å²) in [4.78, 5) is 4.75. The second-order valence-electron chi connectivity index (χ2n) is 7.89. The Labute approximate surface area is 162 Å². The summed E-state index contributed by atoms with van der Waals surface area (Å²) in [7, 11) is 1.99. The zero-order chi connectivity index (χ0) is 16.4. The monoisotopic (exact) mass is 446 g/mol. The van der Waals surface area contributed by atoms with E-state index >= 15 is 0 Å². The van der Waals surface area contributed by atoms with Gasteiger partial charge in [-0.2, -0.15) is 0 Å². The van der Waals surface area contributed by atoms with Crippen LogP contribution in [0.5, 0.6) is 0 Å². The molecule has 1 aromatic rings. The van der Waals surface area contributed by atoms with Crippen LogP contribution in [0.1, 0.15) is 64.0 Å². The van der Waals surface area contributed by atoms with Crippen LogP contribution in [0, 0.1) is 12.3 Å². The Hall–Kier alpha value is -0.860. The van der Waals surface area contributed by atoms with Crippen LogP contribution in [0.4, 0.5) is 0 Å². The fourth-order valence-corrected chi connectivity index (χ4v) is 3.03. The molecule has 2 N–H and O–H groups in total. The summed E-state index contributed by atoms with van der Waals surface area (Å²) in [5.74, 6) is 2.77. The van der Waals surface area contributed by atoms with E-state index < -0.39 is 0 Å². The minimum Gasteiger partial charge on any atom is -0.354 e. The van der Waals surface area contributed by atoms with Crippen LogP contribution < -0.4 is 10.6 Å². The first-order valence-corrected chi connectivity index (χ1v) is 8.85. The van der Waals surface area contributed by atoms with Gasteiger partial charge >= 0.3 is 0 Å². The lowest BCUT2D eigenvalue weighted by atomic mass is 9.75. The van der Waals surface area contributed by atoms with Crippen molar-refractivity contribution < 1.29 is 0 Å². The van der Waals surface area contributed by atoms with Gasteiger partial charge in [-0.25, -0.2) is 4.99 Å². The maximum atomic E-state index is 4.75. The Morgan fingerprint density at radius 1 is 1.12 bits per heavy atom. The smallest absolute Gasteiger partial charge is 0.192 e. The first kappa shape index (κ1) is 19.5. The molecular weight excluding hydrogens is 415 g/mol. The third kappa shape index (κ3) is 5.32. The first-order chi connectivity index (χ1) is 10.9. The summed E-state index contributed by atoms with van der Waals surface area (Å²) in [5, 5.41) is 15.5. The molecule has 1 aromatic heterocycles. The molecule has 0 saturated heterocycles. The largest absolute Gasteiger partial charge is 0.354 e. The lowest BCUT2D eigenvalue weighted by molar-refractivity contribution is 0.216. The molecule has 0 aromatic carbocycles. The van der Waals surface area contributed by atoms with Crippen LogP contribution in [0.2, 0.25) is 0 Å². The average molecular weight is 446 g/mol. The van der Waals surface area contributed by atoms with E-state index in [9.17, 15) is 0 Å². The fraction of sp³-hybridized carbons (Fsp3) is 0.824. The Kier molecular flexibility index (Phi) is 6.50. The standard InChI is InChI=1S/C17H30N6.HI/c1-12-21-22-15(23(12)4)11-18-16(19-13-5-6-13)20-14-7-9-17(2,3)10-8-14;/h13-14H,5-11H2,1-4H3,(H2,18,19,20);1H. The number of nitrogens with zero attached hydrogens (tertiary/aromatic N) is 4. The van der Waals surface area contributed by atoms with Crippen molar-refractivity contribution in [1.82, 2.24) is 25.4 Å². The summed E-state index contributed by atoms with van der Waals surface area (Å²) in [6, 6.07) is 1.14. The topological polar surface area (TPSA) is 67.1 Å². The van der Waals surface area contributed by atoms with Gasteiger partial charge in [0.15, 0.2) is 11.8 Å². The van der Waals surface area contributed by atoms with Gasteiger partial charge in [0.2, 0.25) is 0 Å². The van der Waals surface area contributed by atoms with Crippen molar-refractivity contribution in [3.63, 3.8) is 0 Å². The predicted molar refractivity (Wildman–Crippen MR) is 108 cm³/mol. The lowest BCUT2D eigenvalue weighted by Gasteiger charge is -2.35. The van der Waals surface area contributed by atoms with Gasteiger partial charge in [0, 0.05) is 19.1 Å². The first-order valence-electron chi connectivity index (χ1n) is 8.85. The predicted octanol–water partition coefficient (Wildman–Crippen LogP) is 2.91. The van der Waals surface area contributed by atoms with Crippen molar-refractivity contribution in [3.8, 4) is 0 Å². The number of aryl methyl sites for hydroxylation is 1. The van der Waals surface area contributed by atoms with Crippen molar-refractivity contribution in [2.24, 2.45) is 17.5 Å². The van der Waals surface area contributed by atoms with E-state index in [0.717, 1.165) is 17.6 Å². The van der Waals surface area contributed by atoms with E-state index in [2.05, 4.69) is 34.7 Å². The van der Waals surface area contributed by atoms with E-state index in [1.54, 1.807) is 0 Å². The Morgan fingerprint density at radius 2 is 1.71 bits per heavy atom. The van der Waals surface area contributed by atoms with Crippen molar-refractivity contribution in [2.75, 3.05) is 0 Å². The van der Waals surface area contributed by atoms with Gasteiger partial charge in [0.1, 0.15) is 12.4 Å². The molecule has 24 heavy (non-hydrogen) atoms. The SMILES string of the molecule is Cc1nnc(CN=C(NC2CC2)NC2CCC(C)(C)CC2)n1C.I. The number of aromatic nitrogens is 3. The molecule has 2 saturated carbocycles. The van der Waals surface area contributed by atoms with Gasteiger partial charge in [-0.3, -0.25) is 0 Å². The van der Waals surface area contributed by atoms with Gasteiger partial charge in [0.25, 0.3) is 0 Å². The van der Waals surface area contributed by atoms with E-state index in [-0.39, 0.29) is 24.0 Å². The summed E-state index contributed by atoms with van der Waals surface area (Å²) >= 11 is 0. The highest BCUT2D eigenvalue weighted by Crippen LogP contribution is 2.35. The molecule has 136 valence electrons. The molecule has 2 fully saturated rings. The molecule has 0 aliphatic heterocycles. The van der Waals surface area contributed by atoms with Crippen molar-refractivity contribution in [2.45, 2.75) is 77.9 Å². The molecule has 7 heteroatoms. The van der Waals surface area contributed by atoms with Crippen LogP contribution in [-0.4, -0.2) is 32.8 Å². The van der Waals surface area contributed by atoms with Crippen LogP contribution in [0.3, 0.4) is 0 Å². The minimum absolute atomic E-state index is 0. The molecule has 0 atom stereocenters. The number of hydrogen-bond acceptors (Lipinski definition) is 3. The van der Waals surface area contributed by atoms with E-state index in [1.165, 1.54) is 38.5 Å². The summed E-state index contributed by atoms with van der Waals surface area (Å²) in [6.07, 6.45) is 7.51. The fourth-order valence-electron chi connectivity index (χ4n) is 3.03. The Morgan fingerprint density at radius 3 is 2.21 bits per heavy atom. The van der Waals surface area contributed by atoms with Gasteiger partial charge in [-0.1, -0.05) is 13.8 Å². The molecule has 0 unspecified atom stereocenters. The summed E-state index contributed by atoms with van der Waals surface area (Å²) in [6.45, 7) is 7.28. The summed E-state index contributed by atoms with van der Waals surface area (Å²) < 4.78 is 2.00. The maximum Gasteiger partial charge on any atom is 0.192 e. The molecule has 6 nitrogen and oxygen atoms in total. The number of aliphatic imine (C=N–C) groups is 1. The molecule has 0 spiro atoms. The quantitative estimate of drug-likeness (QED) is 0.424. The second kappa shape index (κ2) is 8.01. The van der Waals surface area contributed by atoms with Crippen molar-refractivity contribution >= 4 is 29.9 Å². The van der Waals surface area contributed by atoms with Crippen molar-refractivity contribution in [3.05, 3.63) is 11.6 Å². The summed E-state index contributed by atoms with van der Waals surface area (Å²) in [5.41, 5.74) is 0.496. The van der Waals surface area contributed by atoms with Gasteiger partial charge < -0.3 is 15.2 Å². The zero-order valence-corrected chi connectivity index (χ0v) is 17.6. The zero-order valence-electron chi connectivity index (χ0n) is 15.3. The average Bonchev–Trinajstić information content (AvgIpc) is 3.26. The van der Waals surface area contributed by atoms with Crippen LogP contribution in [0.25, 0.3) is 0 Å². The van der Waals surface area contributed by atoms with E-state index in [0.29, 0.717) is 24.0 Å². The molecule has 2 aliphatic rings. The Balaban J connectivity index is 0.00000208. The molecule has 0 amide bonds. The number of hydrogen-bond donors (Lipinski definition) is 2. The molecule has 1 heterocycles. The minimum atomic E-state index is 0. The highest BCUT2D eigenvalue weighted by molar-refractivity contribution is 14.0. The second-order valence-corrected chi connectivity index (χ2v) is 7.89. The van der Waals surface area contributed by atoms with Crippen LogP contribution in [-0.2, 0) is 13.6 Å². The molecule has 0 radical (unpaired) electrons. The van der Waals surface area contributed by atoms with E-state index in [4.69, 9.17) is 4.99 Å². The van der Waals surface area contributed by atoms with Gasteiger partial charge in [-0.05, 0) is 50.9 Å². The Bertz CT molecular complexity index is 566. The maximum absolute atomic E-state index is 4.75. The third-order valence-corrected chi connectivity index (χ3v) is 5.16. The van der Waals surface area contributed by atoms with Gasteiger partial charge in [-0.15, -0.1) is 34.2 Å². The number of rotatable bonds is 4. The number of guanidine groups is 1.